The van der Waals surface area contributed by atoms with Gasteiger partial charge in [-0.25, -0.2) is 4.98 Å². The van der Waals surface area contributed by atoms with Crippen molar-refractivity contribution in [3.8, 4) is 0 Å². The molecule has 90 valence electrons. The van der Waals surface area contributed by atoms with Crippen LogP contribution in [0.25, 0.3) is 0 Å². The number of hydrogen-bond acceptors (Lipinski definition) is 3. The monoisotopic (exact) mass is 250 g/mol. The molecule has 2 aromatic heterocycles. The molecule has 0 bridgehead atoms. The van der Waals surface area contributed by atoms with Gasteiger partial charge in [0.05, 0.1) is 18.4 Å². The van der Waals surface area contributed by atoms with E-state index in [0.29, 0.717) is 11.7 Å². The number of nitrogens with zero attached hydrogens (tertiary/aromatic N) is 3. The molecule has 5 heteroatoms. The van der Waals surface area contributed by atoms with Crippen molar-refractivity contribution in [3.63, 3.8) is 0 Å². The van der Waals surface area contributed by atoms with Gasteiger partial charge in [0.1, 0.15) is 11.0 Å². The minimum absolute atomic E-state index is 0.649. The van der Waals surface area contributed by atoms with Crippen molar-refractivity contribution >= 4 is 11.6 Å². The second kappa shape index (κ2) is 5.29. The average molecular weight is 251 g/mol. The van der Waals surface area contributed by atoms with Crippen LogP contribution in [0.15, 0.2) is 24.4 Å². The third kappa shape index (κ3) is 3.05. The van der Waals surface area contributed by atoms with E-state index in [2.05, 4.69) is 15.3 Å². The molecule has 0 fully saturated rings. The van der Waals surface area contributed by atoms with Gasteiger partial charge in [-0.3, -0.25) is 4.98 Å². The molecule has 0 spiro atoms. The van der Waals surface area contributed by atoms with Crippen LogP contribution in [0.4, 0.5) is 0 Å². The van der Waals surface area contributed by atoms with E-state index in [0.717, 1.165) is 23.8 Å². The highest BCUT2D eigenvalue weighted by molar-refractivity contribution is 6.29. The predicted molar refractivity (Wildman–Crippen MR) is 67.7 cm³/mol. The van der Waals surface area contributed by atoms with Crippen LogP contribution >= 0.6 is 11.6 Å². The number of rotatable bonds is 4. The van der Waals surface area contributed by atoms with Gasteiger partial charge in [0.25, 0.3) is 0 Å². The van der Waals surface area contributed by atoms with E-state index in [1.807, 2.05) is 36.7 Å². The van der Waals surface area contributed by atoms with E-state index >= 15 is 0 Å². The van der Waals surface area contributed by atoms with Gasteiger partial charge < -0.3 is 9.88 Å². The summed E-state index contributed by atoms with van der Waals surface area (Å²) in [5, 5.41) is 3.94. The molecule has 1 N–H and O–H groups in total. The van der Waals surface area contributed by atoms with Gasteiger partial charge in [0.15, 0.2) is 0 Å². The summed E-state index contributed by atoms with van der Waals surface area (Å²) in [5.41, 5.74) is 2.06. The molecule has 17 heavy (non-hydrogen) atoms. The van der Waals surface area contributed by atoms with Crippen LogP contribution in [0.3, 0.4) is 0 Å². The molecule has 4 nitrogen and oxygen atoms in total. The van der Waals surface area contributed by atoms with Gasteiger partial charge in [0, 0.05) is 19.3 Å². The summed E-state index contributed by atoms with van der Waals surface area (Å²) in [6.07, 6.45) is 1.66. The Labute approximate surface area is 106 Å². The Balaban J connectivity index is 1.90. The van der Waals surface area contributed by atoms with Crippen LogP contribution in [-0.2, 0) is 20.1 Å². The Bertz CT molecular complexity index is 507. The first kappa shape index (κ1) is 12.1. The lowest BCUT2D eigenvalue weighted by Gasteiger charge is -2.05. The van der Waals surface area contributed by atoms with E-state index in [9.17, 15) is 0 Å². The summed E-state index contributed by atoms with van der Waals surface area (Å²) >= 11 is 5.91. The zero-order valence-corrected chi connectivity index (χ0v) is 10.7. The molecular formula is C12H15ClN4. The normalized spacial score (nSPS) is 10.8. The molecule has 0 radical (unpaired) electrons. The predicted octanol–water partition coefficient (Wildman–Crippen LogP) is 2.07. The highest BCUT2D eigenvalue weighted by Crippen LogP contribution is 2.08. The number of hydrogen-bond donors (Lipinski definition) is 1. The average Bonchev–Trinajstić information content (AvgIpc) is 2.61. The molecule has 0 atom stereocenters. The minimum atomic E-state index is 0.649. The molecular weight excluding hydrogens is 236 g/mol. The minimum Gasteiger partial charge on any atom is -0.321 e. The quantitative estimate of drug-likeness (QED) is 0.903. The summed E-state index contributed by atoms with van der Waals surface area (Å²) < 4.78 is 1.86. The highest BCUT2D eigenvalue weighted by Gasteiger charge is 2.03. The Hall–Kier alpha value is -1.39. The molecule has 0 amide bonds. The first-order valence-electron chi connectivity index (χ1n) is 5.46. The van der Waals surface area contributed by atoms with E-state index in [-0.39, 0.29) is 0 Å². The first-order chi connectivity index (χ1) is 8.16. The van der Waals surface area contributed by atoms with E-state index in [1.54, 1.807) is 6.20 Å². The lowest BCUT2D eigenvalue weighted by molar-refractivity contribution is 0.630. The van der Waals surface area contributed by atoms with Crippen LogP contribution < -0.4 is 5.32 Å². The van der Waals surface area contributed by atoms with E-state index < -0.39 is 0 Å². The summed E-state index contributed by atoms with van der Waals surface area (Å²) in [6, 6.07) is 6.00. The van der Waals surface area contributed by atoms with Gasteiger partial charge >= 0.3 is 0 Å². The lowest BCUT2D eigenvalue weighted by atomic mass is 10.3. The molecule has 2 heterocycles. The summed E-state index contributed by atoms with van der Waals surface area (Å²) in [4.78, 5) is 8.63. The third-order valence-electron chi connectivity index (χ3n) is 2.56. The van der Waals surface area contributed by atoms with Gasteiger partial charge in [-0.15, -0.1) is 0 Å². The standard InChI is InChI=1S/C12H15ClN4/c1-9-4-3-5-10(16-9)6-14-8-12-15-7-11(13)17(12)2/h3-5,7,14H,6,8H2,1-2H3. The van der Waals surface area contributed by atoms with Crippen molar-refractivity contribution in [2.75, 3.05) is 0 Å². The van der Waals surface area contributed by atoms with Crippen LogP contribution in [-0.4, -0.2) is 14.5 Å². The number of aryl methyl sites for hydroxylation is 1. The van der Waals surface area contributed by atoms with Gasteiger partial charge in [-0.1, -0.05) is 17.7 Å². The van der Waals surface area contributed by atoms with Crippen molar-refractivity contribution in [3.05, 3.63) is 46.8 Å². The zero-order valence-electron chi connectivity index (χ0n) is 9.94. The molecule has 0 saturated carbocycles. The Morgan fingerprint density at radius 3 is 2.82 bits per heavy atom. The highest BCUT2D eigenvalue weighted by atomic mass is 35.5. The summed E-state index contributed by atoms with van der Waals surface area (Å²) in [6.45, 7) is 3.40. The molecule has 0 aliphatic heterocycles. The maximum Gasteiger partial charge on any atom is 0.128 e. The molecule has 0 aliphatic rings. The zero-order chi connectivity index (χ0) is 12.3. The number of aromatic nitrogens is 3. The van der Waals surface area contributed by atoms with Crippen LogP contribution in [0, 0.1) is 6.92 Å². The molecule has 2 aromatic rings. The molecule has 2 rings (SSSR count). The number of imidazole rings is 1. The largest absolute Gasteiger partial charge is 0.321 e. The summed E-state index contributed by atoms with van der Waals surface area (Å²) in [7, 11) is 1.90. The van der Waals surface area contributed by atoms with E-state index in [4.69, 9.17) is 11.6 Å². The van der Waals surface area contributed by atoms with Crippen LogP contribution in [0.1, 0.15) is 17.2 Å². The van der Waals surface area contributed by atoms with Crippen molar-refractivity contribution < 1.29 is 0 Å². The van der Waals surface area contributed by atoms with Gasteiger partial charge in [0.2, 0.25) is 0 Å². The smallest absolute Gasteiger partial charge is 0.128 e. The number of nitrogens with one attached hydrogen (secondary N) is 1. The Kier molecular flexibility index (Phi) is 3.76. The molecule has 0 saturated heterocycles. The fraction of sp³-hybridized carbons (Fsp3) is 0.333. The maximum absolute atomic E-state index is 5.91. The SMILES string of the molecule is Cc1cccc(CNCc2ncc(Cl)n2C)n1. The van der Waals surface area contributed by atoms with Gasteiger partial charge in [-0.05, 0) is 19.1 Å². The van der Waals surface area contributed by atoms with Crippen molar-refractivity contribution in [2.24, 2.45) is 7.05 Å². The van der Waals surface area contributed by atoms with Gasteiger partial charge in [-0.2, -0.15) is 0 Å². The maximum atomic E-state index is 5.91. The molecule has 0 aliphatic carbocycles. The second-order valence-corrected chi connectivity index (χ2v) is 4.32. The van der Waals surface area contributed by atoms with Crippen molar-refractivity contribution in [1.82, 2.24) is 19.9 Å². The molecule has 0 aromatic carbocycles. The van der Waals surface area contributed by atoms with Crippen LogP contribution in [0.2, 0.25) is 5.15 Å². The molecule has 0 unspecified atom stereocenters. The second-order valence-electron chi connectivity index (χ2n) is 3.93. The Morgan fingerprint density at radius 1 is 1.35 bits per heavy atom. The lowest BCUT2D eigenvalue weighted by Crippen LogP contribution is -2.16. The van der Waals surface area contributed by atoms with Crippen molar-refractivity contribution in [2.45, 2.75) is 20.0 Å². The first-order valence-corrected chi connectivity index (χ1v) is 5.84. The van der Waals surface area contributed by atoms with E-state index in [1.165, 1.54) is 0 Å². The Morgan fingerprint density at radius 2 is 2.18 bits per heavy atom. The number of pyridine rings is 1. The van der Waals surface area contributed by atoms with Crippen LogP contribution in [0.5, 0.6) is 0 Å². The van der Waals surface area contributed by atoms with Crippen molar-refractivity contribution in [1.29, 1.82) is 0 Å². The number of halogens is 1. The summed E-state index contributed by atoms with van der Waals surface area (Å²) in [5.74, 6) is 0.919. The topological polar surface area (TPSA) is 42.7 Å². The fourth-order valence-corrected chi connectivity index (χ4v) is 1.74. The fourth-order valence-electron chi connectivity index (χ4n) is 1.59. The third-order valence-corrected chi connectivity index (χ3v) is 2.91.